The maximum atomic E-state index is 12.5. The Labute approximate surface area is 158 Å². The maximum absolute atomic E-state index is 12.5. The molecule has 0 aliphatic heterocycles. The molecule has 0 saturated carbocycles. The molecule has 27 heavy (non-hydrogen) atoms. The largest absolute Gasteiger partial charge is 0.383 e. The molecule has 0 fully saturated rings. The molecule has 3 rings (SSSR count). The average Bonchev–Trinajstić information content (AvgIpc) is 2.74. The minimum absolute atomic E-state index is 0.255. The Morgan fingerprint density at radius 2 is 1.70 bits per heavy atom. The van der Waals surface area contributed by atoms with Gasteiger partial charge in [0.2, 0.25) is 0 Å². The number of nitrogens with zero attached hydrogens (tertiary/aromatic N) is 3. The Balaban J connectivity index is 1.99. The second-order valence-corrected chi connectivity index (χ2v) is 5.94. The van der Waals surface area contributed by atoms with Gasteiger partial charge in [0.15, 0.2) is 5.82 Å². The summed E-state index contributed by atoms with van der Waals surface area (Å²) in [5.74, 6) is 0.897. The van der Waals surface area contributed by atoms with Gasteiger partial charge in [0.05, 0.1) is 6.61 Å². The lowest BCUT2D eigenvalue weighted by atomic mass is 10.2. The molecular formula is C21H22N4O2. The molecule has 0 spiro atoms. The highest BCUT2D eigenvalue weighted by molar-refractivity contribution is 5.93. The number of methoxy groups -OCH3 is 1. The van der Waals surface area contributed by atoms with Gasteiger partial charge in [-0.15, -0.1) is 0 Å². The smallest absolute Gasteiger partial charge is 0.270 e. The number of hydrogen-bond acceptors (Lipinski definition) is 5. The molecule has 0 saturated heterocycles. The van der Waals surface area contributed by atoms with Crippen LogP contribution < -0.4 is 10.2 Å². The molecule has 0 bridgehead atoms. The Bertz CT molecular complexity index is 885. The molecular weight excluding hydrogens is 340 g/mol. The first-order chi connectivity index (χ1) is 13.2. The van der Waals surface area contributed by atoms with Gasteiger partial charge in [-0.2, -0.15) is 0 Å². The second kappa shape index (κ2) is 8.91. The van der Waals surface area contributed by atoms with Crippen molar-refractivity contribution in [2.75, 3.05) is 32.2 Å². The fraction of sp³-hybridized carbons (Fsp3) is 0.190. The summed E-state index contributed by atoms with van der Waals surface area (Å²) in [5.41, 5.74) is 2.14. The second-order valence-electron chi connectivity index (χ2n) is 5.94. The summed E-state index contributed by atoms with van der Waals surface area (Å²) in [6.45, 7) is 0.864. The van der Waals surface area contributed by atoms with Crippen molar-refractivity contribution >= 4 is 17.4 Å². The van der Waals surface area contributed by atoms with E-state index in [-0.39, 0.29) is 5.91 Å². The van der Waals surface area contributed by atoms with E-state index >= 15 is 0 Å². The first-order valence-corrected chi connectivity index (χ1v) is 8.69. The molecule has 2 aromatic carbocycles. The van der Waals surface area contributed by atoms with Crippen LogP contribution in [0.25, 0.3) is 11.4 Å². The topological polar surface area (TPSA) is 67.3 Å². The van der Waals surface area contributed by atoms with Gasteiger partial charge in [0.1, 0.15) is 11.5 Å². The van der Waals surface area contributed by atoms with Crippen LogP contribution in [-0.4, -0.2) is 43.2 Å². The number of ether oxygens (including phenoxy) is 1. The average molecular weight is 362 g/mol. The molecule has 1 heterocycles. The van der Waals surface area contributed by atoms with E-state index in [9.17, 15) is 4.79 Å². The number of benzene rings is 2. The summed E-state index contributed by atoms with van der Waals surface area (Å²) < 4.78 is 4.99. The van der Waals surface area contributed by atoms with Gasteiger partial charge in [0.25, 0.3) is 5.91 Å². The van der Waals surface area contributed by atoms with Crippen LogP contribution in [0.1, 0.15) is 10.5 Å². The first-order valence-electron chi connectivity index (χ1n) is 8.69. The van der Waals surface area contributed by atoms with E-state index in [4.69, 9.17) is 4.74 Å². The zero-order valence-corrected chi connectivity index (χ0v) is 15.4. The van der Waals surface area contributed by atoms with Gasteiger partial charge in [-0.3, -0.25) is 4.79 Å². The van der Waals surface area contributed by atoms with E-state index in [1.54, 1.807) is 13.2 Å². The number of carbonyl (C=O) groups is 1. The number of para-hydroxylation sites is 1. The molecule has 6 nitrogen and oxygen atoms in total. The molecule has 1 N–H and O–H groups in total. The fourth-order valence-electron chi connectivity index (χ4n) is 2.58. The lowest BCUT2D eigenvalue weighted by Crippen LogP contribution is -2.28. The number of anilines is 2. The van der Waals surface area contributed by atoms with E-state index in [0.717, 1.165) is 11.3 Å². The summed E-state index contributed by atoms with van der Waals surface area (Å²) in [7, 11) is 3.51. The van der Waals surface area contributed by atoms with Crippen molar-refractivity contribution in [2.45, 2.75) is 0 Å². The maximum Gasteiger partial charge on any atom is 0.270 e. The van der Waals surface area contributed by atoms with Crippen LogP contribution in [-0.2, 0) is 4.74 Å². The Hall–Kier alpha value is -3.25. The number of hydrogen-bond donors (Lipinski definition) is 1. The molecule has 0 unspecified atom stereocenters. The van der Waals surface area contributed by atoms with E-state index in [0.29, 0.717) is 30.5 Å². The Morgan fingerprint density at radius 1 is 1.04 bits per heavy atom. The van der Waals surface area contributed by atoms with E-state index in [1.165, 1.54) is 0 Å². The van der Waals surface area contributed by atoms with E-state index < -0.39 is 0 Å². The quantitative estimate of drug-likeness (QED) is 0.653. The van der Waals surface area contributed by atoms with Crippen LogP contribution >= 0.6 is 0 Å². The van der Waals surface area contributed by atoms with Crippen molar-refractivity contribution in [2.24, 2.45) is 0 Å². The number of nitrogens with one attached hydrogen (secondary N) is 1. The SMILES string of the molecule is COCCNC(=O)c1cc(N(C)c2ccccc2)nc(-c2ccccc2)n1. The Morgan fingerprint density at radius 3 is 2.37 bits per heavy atom. The minimum Gasteiger partial charge on any atom is -0.383 e. The molecule has 3 aromatic rings. The third-order valence-corrected chi connectivity index (χ3v) is 4.06. The van der Waals surface area contributed by atoms with Crippen LogP contribution in [0, 0.1) is 0 Å². The van der Waals surface area contributed by atoms with Gasteiger partial charge in [-0.05, 0) is 12.1 Å². The summed E-state index contributed by atoms with van der Waals surface area (Å²) in [4.78, 5) is 23.6. The summed E-state index contributed by atoms with van der Waals surface area (Å²) in [5, 5.41) is 2.81. The van der Waals surface area contributed by atoms with Crippen LogP contribution in [0.4, 0.5) is 11.5 Å². The van der Waals surface area contributed by atoms with Crippen molar-refractivity contribution in [3.05, 3.63) is 72.4 Å². The molecule has 0 aliphatic rings. The molecule has 0 radical (unpaired) electrons. The number of aromatic nitrogens is 2. The normalized spacial score (nSPS) is 10.4. The zero-order chi connectivity index (χ0) is 19.1. The highest BCUT2D eigenvalue weighted by atomic mass is 16.5. The minimum atomic E-state index is -0.255. The predicted molar refractivity (Wildman–Crippen MR) is 106 cm³/mol. The summed E-state index contributed by atoms with van der Waals surface area (Å²) in [6, 6.07) is 21.2. The Kier molecular flexibility index (Phi) is 6.12. The van der Waals surface area contributed by atoms with Gasteiger partial charge >= 0.3 is 0 Å². The molecule has 138 valence electrons. The van der Waals surface area contributed by atoms with Crippen molar-refractivity contribution in [1.29, 1.82) is 0 Å². The van der Waals surface area contributed by atoms with Crippen LogP contribution in [0.3, 0.4) is 0 Å². The van der Waals surface area contributed by atoms with Gasteiger partial charge in [0, 0.05) is 38.0 Å². The lowest BCUT2D eigenvalue weighted by Gasteiger charge is -2.19. The predicted octanol–water partition coefficient (Wildman–Crippen LogP) is 3.29. The van der Waals surface area contributed by atoms with E-state index in [1.807, 2.05) is 72.6 Å². The summed E-state index contributed by atoms with van der Waals surface area (Å²) in [6.07, 6.45) is 0. The number of amides is 1. The monoisotopic (exact) mass is 362 g/mol. The van der Waals surface area contributed by atoms with E-state index in [2.05, 4.69) is 15.3 Å². The van der Waals surface area contributed by atoms with Gasteiger partial charge in [-0.1, -0.05) is 48.5 Å². The van der Waals surface area contributed by atoms with Crippen LogP contribution in [0.15, 0.2) is 66.7 Å². The van der Waals surface area contributed by atoms with Crippen molar-refractivity contribution in [3.8, 4) is 11.4 Å². The highest BCUT2D eigenvalue weighted by Crippen LogP contribution is 2.25. The fourth-order valence-corrected chi connectivity index (χ4v) is 2.58. The molecule has 1 aromatic heterocycles. The van der Waals surface area contributed by atoms with Gasteiger partial charge in [-0.25, -0.2) is 9.97 Å². The zero-order valence-electron chi connectivity index (χ0n) is 15.4. The highest BCUT2D eigenvalue weighted by Gasteiger charge is 2.15. The summed E-state index contributed by atoms with van der Waals surface area (Å²) >= 11 is 0. The molecule has 0 aliphatic carbocycles. The lowest BCUT2D eigenvalue weighted by molar-refractivity contribution is 0.0932. The third-order valence-electron chi connectivity index (χ3n) is 4.06. The number of carbonyl (C=O) groups excluding carboxylic acids is 1. The number of rotatable bonds is 7. The first kappa shape index (κ1) is 18.5. The van der Waals surface area contributed by atoms with Crippen LogP contribution in [0.2, 0.25) is 0 Å². The van der Waals surface area contributed by atoms with Crippen molar-refractivity contribution in [3.63, 3.8) is 0 Å². The van der Waals surface area contributed by atoms with Gasteiger partial charge < -0.3 is 15.0 Å². The molecule has 0 atom stereocenters. The molecule has 6 heteroatoms. The molecule has 1 amide bonds. The van der Waals surface area contributed by atoms with Crippen molar-refractivity contribution in [1.82, 2.24) is 15.3 Å². The van der Waals surface area contributed by atoms with Crippen LogP contribution in [0.5, 0.6) is 0 Å². The third kappa shape index (κ3) is 4.68. The standard InChI is InChI=1S/C21H22N4O2/c1-25(17-11-7-4-8-12-17)19-15-18(21(26)22-13-14-27-2)23-20(24-19)16-9-5-3-6-10-16/h3-12,15H,13-14H2,1-2H3,(H,22,26). The van der Waals surface area contributed by atoms with Crippen molar-refractivity contribution < 1.29 is 9.53 Å².